The molecule has 3 aliphatic rings. The summed E-state index contributed by atoms with van der Waals surface area (Å²) in [5.41, 5.74) is 3.24. The molecule has 2 aromatic carbocycles. The van der Waals surface area contributed by atoms with Crippen molar-refractivity contribution in [3.05, 3.63) is 71.4 Å². The van der Waals surface area contributed by atoms with Gasteiger partial charge in [-0.1, -0.05) is 29.8 Å². The Kier molecular flexibility index (Phi) is 6.01. The van der Waals surface area contributed by atoms with E-state index in [-0.39, 0.29) is 23.8 Å². The van der Waals surface area contributed by atoms with Gasteiger partial charge < -0.3 is 19.9 Å². The van der Waals surface area contributed by atoms with E-state index in [2.05, 4.69) is 15.2 Å². The largest absolute Gasteiger partial charge is 0.491 e. The summed E-state index contributed by atoms with van der Waals surface area (Å²) in [7, 11) is 0. The van der Waals surface area contributed by atoms with Gasteiger partial charge in [0.1, 0.15) is 18.2 Å². The SMILES string of the molecule is O=C(NC1CCN(c2ccc(N3CCOc4cc(-c5ccc(Cl)cc5)ccc4C3=O)cn2)C1)C1CC1. The van der Waals surface area contributed by atoms with E-state index in [0.717, 1.165) is 55.0 Å². The highest BCUT2D eigenvalue weighted by Gasteiger charge is 2.33. The van der Waals surface area contributed by atoms with Crippen LogP contribution in [0.1, 0.15) is 29.6 Å². The van der Waals surface area contributed by atoms with E-state index in [0.29, 0.717) is 29.5 Å². The van der Waals surface area contributed by atoms with Gasteiger partial charge in [-0.25, -0.2) is 4.98 Å². The van der Waals surface area contributed by atoms with E-state index in [1.165, 1.54) is 0 Å². The van der Waals surface area contributed by atoms with Gasteiger partial charge >= 0.3 is 0 Å². The molecule has 0 bridgehead atoms. The smallest absolute Gasteiger partial charge is 0.262 e. The average molecular weight is 503 g/mol. The molecule has 2 fully saturated rings. The van der Waals surface area contributed by atoms with Crippen molar-refractivity contribution >= 4 is 34.9 Å². The molecule has 2 aliphatic heterocycles. The van der Waals surface area contributed by atoms with Crippen molar-refractivity contribution in [3.63, 3.8) is 0 Å². The molecular weight excluding hydrogens is 476 g/mol. The Morgan fingerprint density at radius 3 is 2.56 bits per heavy atom. The van der Waals surface area contributed by atoms with E-state index < -0.39 is 0 Å². The molecule has 36 heavy (non-hydrogen) atoms. The summed E-state index contributed by atoms with van der Waals surface area (Å²) in [5.74, 6) is 1.74. The van der Waals surface area contributed by atoms with Crippen LogP contribution in [0.2, 0.25) is 5.02 Å². The number of ether oxygens (including phenoxy) is 1. The number of amides is 2. The molecule has 0 radical (unpaired) electrons. The van der Waals surface area contributed by atoms with E-state index in [1.807, 2.05) is 54.6 Å². The number of anilines is 2. The maximum absolute atomic E-state index is 13.4. The number of nitrogens with zero attached hydrogens (tertiary/aromatic N) is 3. The molecule has 1 aromatic heterocycles. The highest BCUT2D eigenvalue weighted by molar-refractivity contribution is 6.30. The summed E-state index contributed by atoms with van der Waals surface area (Å²) in [4.78, 5) is 34.0. The molecule has 1 saturated carbocycles. The van der Waals surface area contributed by atoms with Gasteiger partial charge in [0, 0.05) is 30.1 Å². The van der Waals surface area contributed by atoms with Crippen LogP contribution in [0.3, 0.4) is 0 Å². The quantitative estimate of drug-likeness (QED) is 0.554. The lowest BCUT2D eigenvalue weighted by Crippen LogP contribution is -2.38. The second kappa shape index (κ2) is 9.47. The third-order valence-electron chi connectivity index (χ3n) is 7.06. The number of carbonyl (C=O) groups is 2. The lowest BCUT2D eigenvalue weighted by Gasteiger charge is -2.22. The molecule has 1 aliphatic carbocycles. The second-order valence-corrected chi connectivity index (χ2v) is 10.0. The fourth-order valence-corrected chi connectivity index (χ4v) is 4.98. The van der Waals surface area contributed by atoms with Crippen molar-refractivity contribution in [1.29, 1.82) is 0 Å². The zero-order valence-corrected chi connectivity index (χ0v) is 20.6. The number of fused-ring (bicyclic) bond motifs is 1. The molecular formula is C28H27ClN4O3. The highest BCUT2D eigenvalue weighted by Crippen LogP contribution is 2.32. The van der Waals surface area contributed by atoms with Crippen LogP contribution < -0.4 is 19.9 Å². The molecule has 1 unspecified atom stereocenters. The molecule has 7 nitrogen and oxygen atoms in total. The van der Waals surface area contributed by atoms with Crippen LogP contribution in [0, 0.1) is 5.92 Å². The first-order valence-electron chi connectivity index (χ1n) is 12.4. The zero-order chi connectivity index (χ0) is 24.6. The molecule has 8 heteroatoms. The average Bonchev–Trinajstić information content (AvgIpc) is 3.68. The van der Waals surface area contributed by atoms with Crippen molar-refractivity contribution in [2.75, 3.05) is 36.0 Å². The summed E-state index contributed by atoms with van der Waals surface area (Å²) in [6.07, 6.45) is 4.69. The number of benzene rings is 2. The van der Waals surface area contributed by atoms with Gasteiger partial charge in [-0.3, -0.25) is 9.59 Å². The summed E-state index contributed by atoms with van der Waals surface area (Å²) in [6, 6.07) is 17.3. The van der Waals surface area contributed by atoms with E-state index >= 15 is 0 Å². The molecule has 3 heterocycles. The number of carbonyl (C=O) groups excluding carboxylic acids is 2. The number of hydrogen-bond acceptors (Lipinski definition) is 5. The van der Waals surface area contributed by atoms with Crippen molar-refractivity contribution in [3.8, 4) is 16.9 Å². The van der Waals surface area contributed by atoms with E-state index in [9.17, 15) is 9.59 Å². The predicted octanol–water partition coefficient (Wildman–Crippen LogP) is 4.55. The third kappa shape index (κ3) is 4.63. The maximum Gasteiger partial charge on any atom is 0.262 e. The minimum atomic E-state index is -0.108. The standard InChI is InChI=1S/C28H27ClN4O3/c29-21-6-3-18(4-7-21)20-5-9-24-25(15-20)36-14-13-33(28(24)35)23-8-10-26(30-16-23)32-12-11-22(17-32)31-27(34)19-1-2-19/h3-10,15-16,19,22H,1-2,11-14,17H2,(H,31,34). The van der Waals surface area contributed by atoms with Crippen LogP contribution in [0.25, 0.3) is 11.1 Å². The van der Waals surface area contributed by atoms with Crippen LogP contribution in [-0.2, 0) is 4.79 Å². The van der Waals surface area contributed by atoms with Gasteiger partial charge in [-0.15, -0.1) is 0 Å². The molecule has 1 atom stereocenters. The molecule has 0 spiro atoms. The topological polar surface area (TPSA) is 74.8 Å². The van der Waals surface area contributed by atoms with Crippen molar-refractivity contribution < 1.29 is 14.3 Å². The van der Waals surface area contributed by atoms with Crippen LogP contribution in [-0.4, -0.2) is 49.1 Å². The van der Waals surface area contributed by atoms with Gasteiger partial charge in [-0.2, -0.15) is 0 Å². The number of halogens is 1. The van der Waals surface area contributed by atoms with Crippen LogP contribution in [0.5, 0.6) is 5.75 Å². The molecule has 1 saturated heterocycles. The maximum atomic E-state index is 13.4. The Balaban J connectivity index is 1.15. The Hall–Kier alpha value is -3.58. The number of pyridine rings is 1. The first-order chi connectivity index (χ1) is 17.5. The summed E-state index contributed by atoms with van der Waals surface area (Å²) >= 11 is 6.02. The minimum absolute atomic E-state index is 0.108. The van der Waals surface area contributed by atoms with Gasteiger partial charge in [-0.05, 0) is 66.8 Å². The van der Waals surface area contributed by atoms with Gasteiger partial charge in [0.25, 0.3) is 5.91 Å². The summed E-state index contributed by atoms with van der Waals surface area (Å²) in [5, 5.41) is 3.84. The minimum Gasteiger partial charge on any atom is -0.491 e. The second-order valence-electron chi connectivity index (χ2n) is 9.61. The lowest BCUT2D eigenvalue weighted by molar-refractivity contribution is -0.122. The molecule has 6 rings (SSSR count). The summed E-state index contributed by atoms with van der Waals surface area (Å²) in [6.45, 7) is 2.43. The number of aromatic nitrogens is 1. The first kappa shape index (κ1) is 22.9. The number of nitrogens with one attached hydrogen (secondary N) is 1. The van der Waals surface area contributed by atoms with Gasteiger partial charge in [0.2, 0.25) is 5.91 Å². The fraction of sp³-hybridized carbons (Fsp3) is 0.321. The van der Waals surface area contributed by atoms with Crippen LogP contribution in [0.4, 0.5) is 11.5 Å². The van der Waals surface area contributed by atoms with Gasteiger partial charge in [0.05, 0.1) is 24.0 Å². The molecule has 1 N–H and O–H groups in total. The predicted molar refractivity (Wildman–Crippen MR) is 140 cm³/mol. The number of hydrogen-bond donors (Lipinski definition) is 1. The summed E-state index contributed by atoms with van der Waals surface area (Å²) < 4.78 is 5.97. The monoisotopic (exact) mass is 502 g/mol. The molecule has 3 aromatic rings. The number of rotatable bonds is 5. The van der Waals surface area contributed by atoms with Crippen LogP contribution >= 0.6 is 11.6 Å². The van der Waals surface area contributed by atoms with Crippen LogP contribution in [0.15, 0.2) is 60.8 Å². The Labute approximate surface area is 215 Å². The Morgan fingerprint density at radius 2 is 1.81 bits per heavy atom. The Morgan fingerprint density at radius 1 is 1.00 bits per heavy atom. The fourth-order valence-electron chi connectivity index (χ4n) is 4.86. The van der Waals surface area contributed by atoms with Crippen molar-refractivity contribution in [2.24, 2.45) is 5.92 Å². The van der Waals surface area contributed by atoms with Gasteiger partial charge in [0.15, 0.2) is 0 Å². The zero-order valence-electron chi connectivity index (χ0n) is 19.8. The van der Waals surface area contributed by atoms with E-state index in [4.69, 9.17) is 16.3 Å². The highest BCUT2D eigenvalue weighted by atomic mass is 35.5. The molecule has 2 amide bonds. The Bertz CT molecular complexity index is 1290. The van der Waals surface area contributed by atoms with Crippen molar-refractivity contribution in [1.82, 2.24) is 10.3 Å². The molecule has 184 valence electrons. The third-order valence-corrected chi connectivity index (χ3v) is 7.31. The first-order valence-corrected chi connectivity index (χ1v) is 12.8. The van der Waals surface area contributed by atoms with E-state index in [1.54, 1.807) is 11.1 Å². The normalized spacial score (nSPS) is 19.5. The lowest BCUT2D eigenvalue weighted by atomic mass is 10.0. The van der Waals surface area contributed by atoms with Crippen molar-refractivity contribution in [2.45, 2.75) is 25.3 Å².